The molecule has 0 amide bonds. The van der Waals surface area contributed by atoms with Crippen molar-refractivity contribution >= 4 is 5.97 Å². The summed E-state index contributed by atoms with van der Waals surface area (Å²) in [7, 11) is 1.24. The maximum Gasteiger partial charge on any atom is 0.340 e. The lowest BCUT2D eigenvalue weighted by Gasteiger charge is -2.12. The number of halogens is 1. The number of carbonyl (C=O) groups excluding carboxylic acids is 1. The Bertz CT molecular complexity index is 1100. The van der Waals surface area contributed by atoms with Crippen molar-refractivity contribution in [3.05, 3.63) is 64.4 Å². The van der Waals surface area contributed by atoms with Gasteiger partial charge in [-0.2, -0.15) is 5.10 Å². The molecule has 0 fully saturated rings. The Morgan fingerprint density at radius 2 is 1.97 bits per heavy atom. The molecule has 1 aliphatic heterocycles. The lowest BCUT2D eigenvalue weighted by Crippen LogP contribution is -2.14. The van der Waals surface area contributed by atoms with Gasteiger partial charge in [0.15, 0.2) is 0 Å². The smallest absolute Gasteiger partial charge is 0.340 e. The highest BCUT2D eigenvalue weighted by Gasteiger charge is 2.25. The van der Waals surface area contributed by atoms with Crippen LogP contribution in [0.3, 0.4) is 0 Å². The van der Waals surface area contributed by atoms with E-state index in [2.05, 4.69) is 4.98 Å². The number of fused-ring (bicyclic) bond motifs is 1. The van der Waals surface area contributed by atoms with E-state index in [1.165, 1.54) is 19.2 Å². The van der Waals surface area contributed by atoms with Gasteiger partial charge in [-0.3, -0.25) is 4.98 Å². The van der Waals surface area contributed by atoms with E-state index in [9.17, 15) is 9.18 Å². The summed E-state index contributed by atoms with van der Waals surface area (Å²) in [6, 6.07) is 8.40. The van der Waals surface area contributed by atoms with Crippen LogP contribution in [0.5, 0.6) is 0 Å². The van der Waals surface area contributed by atoms with Crippen molar-refractivity contribution in [1.82, 2.24) is 14.8 Å². The highest BCUT2D eigenvalue weighted by Crippen LogP contribution is 2.32. The number of hydrogen-bond acceptors (Lipinski definition) is 5. The fraction of sp³-hybridized carbons (Fsp3) is 0.348. The first-order chi connectivity index (χ1) is 14.4. The van der Waals surface area contributed by atoms with E-state index in [0.29, 0.717) is 18.7 Å². The normalized spacial score (nSPS) is 16.1. The quantitative estimate of drug-likeness (QED) is 0.612. The fourth-order valence-electron chi connectivity index (χ4n) is 3.98. The second-order valence-corrected chi connectivity index (χ2v) is 7.62. The number of aromatic nitrogens is 3. The highest BCUT2D eigenvalue weighted by atomic mass is 19.1. The van der Waals surface area contributed by atoms with Crippen LogP contribution in [0.1, 0.15) is 39.9 Å². The molecular weight excluding hydrogens is 385 g/mol. The van der Waals surface area contributed by atoms with Crippen LogP contribution >= 0.6 is 0 Å². The Labute approximate surface area is 174 Å². The molecule has 6 nitrogen and oxygen atoms in total. The van der Waals surface area contributed by atoms with E-state index < -0.39 is 11.8 Å². The average Bonchev–Trinajstić information content (AvgIpc) is 2.93. The number of rotatable bonds is 3. The third-order valence-corrected chi connectivity index (χ3v) is 5.28. The van der Waals surface area contributed by atoms with Crippen LogP contribution in [0.25, 0.3) is 16.9 Å². The number of pyridine rings is 1. The first-order valence-electron chi connectivity index (χ1n) is 9.93. The van der Waals surface area contributed by atoms with E-state index in [1.807, 2.05) is 32.9 Å². The molecule has 7 heteroatoms. The molecule has 0 saturated carbocycles. The minimum absolute atomic E-state index is 0.0241. The van der Waals surface area contributed by atoms with Crippen LogP contribution in [0.2, 0.25) is 0 Å². The van der Waals surface area contributed by atoms with Crippen LogP contribution in [0, 0.1) is 19.7 Å². The largest absolute Gasteiger partial charge is 0.465 e. The van der Waals surface area contributed by atoms with Crippen molar-refractivity contribution in [2.75, 3.05) is 13.7 Å². The molecule has 156 valence electrons. The third kappa shape index (κ3) is 3.73. The summed E-state index contributed by atoms with van der Waals surface area (Å²) >= 11 is 0. The monoisotopic (exact) mass is 409 g/mol. The lowest BCUT2D eigenvalue weighted by atomic mass is 10.0. The fourth-order valence-corrected chi connectivity index (χ4v) is 3.98. The SMILES string of the molecule is COC(=O)c1cc(-n2nc(-c3cc(C)nc(C)c3)c3c2C[C@@H](C)OCC3)ccc1F. The van der Waals surface area contributed by atoms with Crippen LogP contribution in [-0.2, 0) is 22.3 Å². The average molecular weight is 409 g/mol. The molecule has 0 bridgehead atoms. The van der Waals surface area contributed by atoms with Crippen molar-refractivity contribution in [3.63, 3.8) is 0 Å². The number of benzene rings is 1. The predicted octanol–water partition coefficient (Wildman–Crippen LogP) is 3.98. The van der Waals surface area contributed by atoms with Gasteiger partial charge in [0.25, 0.3) is 0 Å². The summed E-state index contributed by atoms with van der Waals surface area (Å²) in [5.74, 6) is -1.34. The van der Waals surface area contributed by atoms with Crippen LogP contribution < -0.4 is 0 Å². The number of aryl methyl sites for hydroxylation is 2. The standard InChI is InChI=1S/C23H24FN3O3/c1-13-9-16(10-14(2)25-13)22-18-7-8-30-15(3)11-21(18)27(26-22)17-5-6-20(24)19(12-17)23(28)29-4/h5-6,9-10,12,15H,7-8,11H2,1-4H3/t15-/m1/s1. The number of esters is 1. The molecular formula is C23H24FN3O3. The first kappa shape index (κ1) is 20.2. The maximum atomic E-state index is 14.2. The van der Waals surface area contributed by atoms with Crippen molar-refractivity contribution in [2.45, 2.75) is 39.7 Å². The van der Waals surface area contributed by atoms with E-state index >= 15 is 0 Å². The van der Waals surface area contributed by atoms with Gasteiger partial charge in [0.05, 0.1) is 42.5 Å². The van der Waals surface area contributed by atoms with Gasteiger partial charge in [0.2, 0.25) is 0 Å². The molecule has 30 heavy (non-hydrogen) atoms. The molecule has 4 rings (SSSR count). The third-order valence-electron chi connectivity index (χ3n) is 5.28. The molecule has 0 radical (unpaired) electrons. The molecule has 0 saturated heterocycles. The van der Waals surface area contributed by atoms with Gasteiger partial charge < -0.3 is 9.47 Å². The minimum atomic E-state index is -0.718. The van der Waals surface area contributed by atoms with E-state index in [-0.39, 0.29) is 11.7 Å². The highest BCUT2D eigenvalue weighted by molar-refractivity contribution is 5.90. The summed E-state index contributed by atoms with van der Waals surface area (Å²) in [5, 5.41) is 4.91. The Morgan fingerprint density at radius 3 is 2.67 bits per heavy atom. The van der Waals surface area contributed by atoms with Gasteiger partial charge in [-0.25, -0.2) is 13.9 Å². The summed E-state index contributed by atoms with van der Waals surface area (Å²) < 4.78 is 26.6. The number of hydrogen-bond donors (Lipinski definition) is 0. The van der Waals surface area contributed by atoms with E-state index in [4.69, 9.17) is 14.6 Å². The maximum absolute atomic E-state index is 14.2. The summed E-state index contributed by atoms with van der Waals surface area (Å²) in [6.07, 6.45) is 1.41. The zero-order chi connectivity index (χ0) is 21.4. The lowest BCUT2D eigenvalue weighted by molar-refractivity contribution is 0.0595. The van der Waals surface area contributed by atoms with Gasteiger partial charge in [0.1, 0.15) is 5.82 Å². The Hall–Kier alpha value is -3.06. The summed E-state index contributed by atoms with van der Waals surface area (Å²) in [4.78, 5) is 16.5. The Kier molecular flexibility index (Phi) is 5.39. The number of methoxy groups -OCH3 is 1. The summed E-state index contributed by atoms with van der Waals surface area (Å²) in [5.41, 5.74) is 6.28. The molecule has 0 unspecified atom stereocenters. The molecule has 0 aliphatic carbocycles. The second kappa shape index (κ2) is 7.99. The molecule has 2 aromatic heterocycles. The minimum Gasteiger partial charge on any atom is -0.465 e. The van der Waals surface area contributed by atoms with Crippen LogP contribution in [0.15, 0.2) is 30.3 Å². The van der Waals surface area contributed by atoms with Crippen molar-refractivity contribution < 1.29 is 18.7 Å². The van der Waals surface area contributed by atoms with Crippen molar-refractivity contribution in [1.29, 1.82) is 0 Å². The zero-order valence-corrected chi connectivity index (χ0v) is 17.5. The zero-order valence-electron chi connectivity index (χ0n) is 17.5. The molecule has 1 aliphatic rings. The molecule has 1 atom stereocenters. The van der Waals surface area contributed by atoms with Gasteiger partial charge in [-0.1, -0.05) is 0 Å². The molecule has 0 N–H and O–H groups in total. The Balaban J connectivity index is 1.93. The summed E-state index contributed by atoms with van der Waals surface area (Å²) in [6.45, 7) is 6.55. The second-order valence-electron chi connectivity index (χ2n) is 7.62. The van der Waals surface area contributed by atoms with Gasteiger partial charge in [-0.15, -0.1) is 0 Å². The number of nitrogens with zero attached hydrogens (tertiary/aromatic N) is 3. The van der Waals surface area contributed by atoms with Gasteiger partial charge >= 0.3 is 5.97 Å². The van der Waals surface area contributed by atoms with Crippen LogP contribution in [0.4, 0.5) is 4.39 Å². The van der Waals surface area contributed by atoms with Crippen LogP contribution in [-0.4, -0.2) is 40.6 Å². The predicted molar refractivity (Wildman–Crippen MR) is 110 cm³/mol. The van der Waals surface area contributed by atoms with E-state index in [1.54, 1.807) is 10.7 Å². The van der Waals surface area contributed by atoms with Crippen molar-refractivity contribution in [2.24, 2.45) is 0 Å². The Morgan fingerprint density at radius 1 is 1.23 bits per heavy atom. The van der Waals surface area contributed by atoms with E-state index in [0.717, 1.165) is 40.3 Å². The van der Waals surface area contributed by atoms with Gasteiger partial charge in [-0.05, 0) is 57.5 Å². The topological polar surface area (TPSA) is 66.2 Å². The molecule has 3 heterocycles. The molecule has 1 aromatic carbocycles. The number of ether oxygens (including phenoxy) is 2. The number of carbonyl (C=O) groups is 1. The van der Waals surface area contributed by atoms with Crippen molar-refractivity contribution in [3.8, 4) is 16.9 Å². The first-order valence-corrected chi connectivity index (χ1v) is 9.93. The molecule has 3 aromatic rings. The molecule has 0 spiro atoms. The van der Waals surface area contributed by atoms with Gasteiger partial charge in [0, 0.05) is 28.9 Å².